The first-order valence-corrected chi connectivity index (χ1v) is 9.40. The molecule has 29 heavy (non-hydrogen) atoms. The number of nitrogens with two attached hydrogens (primary N) is 3. The molecular weight excluding hydrogens is 376 g/mol. The van der Waals surface area contributed by atoms with Crippen LogP contribution in [-0.4, -0.2) is 59.6 Å². The number of amides is 1. The summed E-state index contributed by atoms with van der Waals surface area (Å²) in [4.78, 5) is 32.4. The van der Waals surface area contributed by atoms with Crippen LogP contribution in [0.3, 0.4) is 0 Å². The number of carbonyl (C=O) groups excluding carboxylic acids is 1. The Bertz CT molecular complexity index is 763. The Balaban J connectivity index is 1.95. The molecule has 1 aliphatic heterocycles. The molecule has 1 heterocycles. The number of hydrogen-bond acceptors (Lipinski definition) is 6. The number of hydrogen-bond donors (Lipinski definition) is 5. The molecule has 2 rings (SSSR count). The van der Waals surface area contributed by atoms with Crippen LogP contribution in [0.4, 0.5) is 0 Å². The zero-order valence-electron chi connectivity index (χ0n) is 16.3. The van der Waals surface area contributed by atoms with Gasteiger partial charge in [-0.25, -0.2) is 9.79 Å². The number of benzene rings is 1. The van der Waals surface area contributed by atoms with Gasteiger partial charge in [0.15, 0.2) is 12.0 Å². The van der Waals surface area contributed by atoms with E-state index in [0.717, 1.165) is 5.56 Å². The molecule has 1 aromatic rings. The maximum atomic E-state index is 12.6. The highest BCUT2D eigenvalue weighted by Gasteiger charge is 2.36. The lowest BCUT2D eigenvalue weighted by molar-refractivity contribution is -0.142. The van der Waals surface area contributed by atoms with Gasteiger partial charge in [-0.1, -0.05) is 30.3 Å². The van der Waals surface area contributed by atoms with Crippen LogP contribution in [0, 0.1) is 0 Å². The number of guanidine groups is 1. The molecule has 4 atom stereocenters. The highest BCUT2D eigenvalue weighted by atomic mass is 16.5. The van der Waals surface area contributed by atoms with E-state index >= 15 is 0 Å². The number of aliphatic carboxylic acids is 1. The molecular formula is C19H28N6O4. The fourth-order valence-corrected chi connectivity index (χ4v) is 2.93. The SMILES string of the molecule is C[C@H]1OC([C@@H](N)CCCN=C(N)N)=N[C@@H]1C(=O)N[C@@H](Cc1ccccc1)C(=O)O. The molecule has 0 spiro atoms. The van der Waals surface area contributed by atoms with Gasteiger partial charge in [0.2, 0.25) is 11.8 Å². The van der Waals surface area contributed by atoms with E-state index in [0.29, 0.717) is 19.4 Å². The number of ether oxygens (including phenoxy) is 1. The van der Waals surface area contributed by atoms with Crippen molar-refractivity contribution >= 4 is 23.7 Å². The first-order valence-electron chi connectivity index (χ1n) is 9.40. The number of carbonyl (C=O) groups is 2. The van der Waals surface area contributed by atoms with Crippen LogP contribution in [-0.2, 0) is 20.7 Å². The van der Waals surface area contributed by atoms with Gasteiger partial charge in [-0.05, 0) is 25.3 Å². The third-order valence-electron chi connectivity index (χ3n) is 4.47. The van der Waals surface area contributed by atoms with Crippen LogP contribution in [0.1, 0.15) is 25.3 Å². The van der Waals surface area contributed by atoms with Crippen molar-refractivity contribution in [3.05, 3.63) is 35.9 Å². The van der Waals surface area contributed by atoms with E-state index in [9.17, 15) is 14.7 Å². The Morgan fingerprint density at radius 3 is 2.62 bits per heavy atom. The molecule has 0 aliphatic carbocycles. The molecule has 0 aromatic heterocycles. The van der Waals surface area contributed by atoms with Crippen LogP contribution in [0.25, 0.3) is 0 Å². The summed E-state index contributed by atoms with van der Waals surface area (Å²) >= 11 is 0. The predicted octanol–water partition coefficient (Wildman–Crippen LogP) is -0.635. The van der Waals surface area contributed by atoms with E-state index in [2.05, 4.69) is 15.3 Å². The molecule has 0 unspecified atom stereocenters. The van der Waals surface area contributed by atoms with Crippen LogP contribution < -0.4 is 22.5 Å². The van der Waals surface area contributed by atoms with Crippen molar-refractivity contribution in [2.45, 2.75) is 50.4 Å². The lowest BCUT2D eigenvalue weighted by Crippen LogP contribution is -2.48. The van der Waals surface area contributed by atoms with Crippen LogP contribution in [0.5, 0.6) is 0 Å². The summed E-state index contributed by atoms with van der Waals surface area (Å²) in [6, 6.07) is 6.66. The maximum absolute atomic E-state index is 12.6. The molecule has 0 bridgehead atoms. The second kappa shape index (κ2) is 10.4. The number of carboxylic acids is 1. The van der Waals surface area contributed by atoms with Gasteiger partial charge in [-0.3, -0.25) is 9.79 Å². The second-order valence-electron chi connectivity index (χ2n) is 6.88. The monoisotopic (exact) mass is 404 g/mol. The Kier molecular flexibility index (Phi) is 7.96. The minimum absolute atomic E-state index is 0.0156. The highest BCUT2D eigenvalue weighted by Crippen LogP contribution is 2.17. The summed E-state index contributed by atoms with van der Waals surface area (Å²) in [6.45, 7) is 2.13. The van der Waals surface area contributed by atoms with Crippen molar-refractivity contribution in [2.24, 2.45) is 27.2 Å². The Hall–Kier alpha value is -3.14. The largest absolute Gasteiger partial charge is 0.480 e. The second-order valence-corrected chi connectivity index (χ2v) is 6.88. The number of nitrogens with zero attached hydrogens (tertiary/aromatic N) is 2. The summed E-state index contributed by atoms with van der Waals surface area (Å²) in [5.41, 5.74) is 17.4. The van der Waals surface area contributed by atoms with Crippen molar-refractivity contribution in [3.63, 3.8) is 0 Å². The third-order valence-corrected chi connectivity index (χ3v) is 4.47. The van der Waals surface area contributed by atoms with E-state index < -0.39 is 36.1 Å². The zero-order chi connectivity index (χ0) is 21.4. The van der Waals surface area contributed by atoms with Crippen molar-refractivity contribution in [1.29, 1.82) is 0 Å². The van der Waals surface area contributed by atoms with Crippen molar-refractivity contribution in [2.75, 3.05) is 6.54 Å². The molecule has 1 aliphatic rings. The lowest BCUT2D eigenvalue weighted by Gasteiger charge is -2.18. The molecule has 0 saturated heterocycles. The average molecular weight is 404 g/mol. The predicted molar refractivity (Wildman–Crippen MR) is 109 cm³/mol. The zero-order valence-corrected chi connectivity index (χ0v) is 16.3. The average Bonchev–Trinajstić information content (AvgIpc) is 3.07. The lowest BCUT2D eigenvalue weighted by atomic mass is 10.1. The number of aliphatic imine (C=N–C) groups is 2. The molecule has 10 heteroatoms. The minimum atomic E-state index is -1.12. The van der Waals surface area contributed by atoms with E-state index in [1.807, 2.05) is 18.2 Å². The van der Waals surface area contributed by atoms with E-state index in [1.165, 1.54) is 0 Å². The Labute approximate surface area is 169 Å². The van der Waals surface area contributed by atoms with Crippen molar-refractivity contribution < 1.29 is 19.4 Å². The number of carboxylic acid groups (broad SMARTS) is 1. The van der Waals surface area contributed by atoms with Crippen LogP contribution >= 0.6 is 0 Å². The minimum Gasteiger partial charge on any atom is -0.480 e. The summed E-state index contributed by atoms with van der Waals surface area (Å²) in [6.07, 6.45) is 0.790. The van der Waals surface area contributed by atoms with Gasteiger partial charge in [0.25, 0.3) is 0 Å². The normalized spacial score (nSPS) is 20.1. The molecule has 1 aromatic carbocycles. The maximum Gasteiger partial charge on any atom is 0.326 e. The molecule has 8 N–H and O–H groups in total. The van der Waals surface area contributed by atoms with E-state index in [4.69, 9.17) is 21.9 Å². The fraction of sp³-hybridized carbons (Fsp3) is 0.474. The van der Waals surface area contributed by atoms with Gasteiger partial charge in [0, 0.05) is 13.0 Å². The Morgan fingerprint density at radius 2 is 2.00 bits per heavy atom. The van der Waals surface area contributed by atoms with Crippen LogP contribution in [0.2, 0.25) is 0 Å². The highest BCUT2D eigenvalue weighted by molar-refractivity contribution is 5.93. The van der Waals surface area contributed by atoms with Gasteiger partial charge < -0.3 is 32.4 Å². The van der Waals surface area contributed by atoms with E-state index in [1.54, 1.807) is 19.1 Å². The topological polar surface area (TPSA) is 178 Å². The van der Waals surface area contributed by atoms with Gasteiger partial charge in [-0.2, -0.15) is 0 Å². The first kappa shape index (κ1) is 22.2. The number of nitrogens with one attached hydrogen (secondary N) is 1. The quantitative estimate of drug-likeness (QED) is 0.195. The van der Waals surface area contributed by atoms with Gasteiger partial charge >= 0.3 is 5.97 Å². The van der Waals surface area contributed by atoms with Gasteiger partial charge in [0.1, 0.15) is 12.1 Å². The molecule has 158 valence electrons. The Morgan fingerprint density at radius 1 is 1.31 bits per heavy atom. The van der Waals surface area contributed by atoms with Crippen molar-refractivity contribution in [1.82, 2.24) is 5.32 Å². The molecule has 0 fully saturated rings. The summed E-state index contributed by atoms with van der Waals surface area (Å²) in [7, 11) is 0. The number of rotatable bonds is 10. The first-order chi connectivity index (χ1) is 13.8. The van der Waals surface area contributed by atoms with Crippen LogP contribution in [0.15, 0.2) is 40.3 Å². The molecule has 10 nitrogen and oxygen atoms in total. The molecule has 0 radical (unpaired) electrons. The molecule has 1 amide bonds. The van der Waals surface area contributed by atoms with Gasteiger partial charge in [-0.15, -0.1) is 0 Å². The summed E-state index contributed by atoms with van der Waals surface area (Å²) < 4.78 is 5.63. The van der Waals surface area contributed by atoms with Crippen molar-refractivity contribution in [3.8, 4) is 0 Å². The smallest absolute Gasteiger partial charge is 0.326 e. The summed E-state index contributed by atoms with van der Waals surface area (Å²) in [5.74, 6) is -1.34. The third kappa shape index (κ3) is 6.75. The summed E-state index contributed by atoms with van der Waals surface area (Å²) in [5, 5.41) is 12.0. The molecule has 0 saturated carbocycles. The standard InChI is InChI=1S/C19H28N6O4/c1-11-15(25-17(29-11)13(20)8-5-9-23-19(21)22)16(26)24-14(18(27)28)10-12-6-3-2-4-7-12/h2-4,6-7,11,13-15H,5,8-10,20H2,1H3,(H,24,26)(H,27,28)(H4,21,22,23)/t11-,13+,14+,15+/m1/s1. The van der Waals surface area contributed by atoms with E-state index in [-0.39, 0.29) is 18.3 Å². The fourth-order valence-electron chi connectivity index (χ4n) is 2.93. The van der Waals surface area contributed by atoms with Gasteiger partial charge in [0.05, 0.1) is 6.04 Å².